The van der Waals surface area contributed by atoms with Gasteiger partial charge in [0.15, 0.2) is 0 Å². The van der Waals surface area contributed by atoms with Crippen molar-refractivity contribution in [1.29, 1.82) is 0 Å². The molecule has 4 heteroatoms. The molecule has 0 aromatic heterocycles. The van der Waals surface area contributed by atoms with Gasteiger partial charge in [0.25, 0.3) is 0 Å². The van der Waals surface area contributed by atoms with Gasteiger partial charge in [0, 0.05) is 5.70 Å². The van der Waals surface area contributed by atoms with Crippen LogP contribution in [0, 0.1) is 0 Å². The molecular weight excluding hydrogens is 174 g/mol. The van der Waals surface area contributed by atoms with E-state index < -0.39 is 10.0 Å². The van der Waals surface area contributed by atoms with Crippen molar-refractivity contribution in [1.82, 2.24) is 4.72 Å². The number of sulfonamides is 1. The molecule has 3 nitrogen and oxygen atoms in total. The third kappa shape index (κ3) is 2.92. The minimum absolute atomic E-state index is 0.616. The van der Waals surface area contributed by atoms with Gasteiger partial charge in [-0.15, -0.1) is 0 Å². The summed E-state index contributed by atoms with van der Waals surface area (Å²) in [5.41, 5.74) is 1.60. The van der Waals surface area contributed by atoms with E-state index in [-0.39, 0.29) is 0 Å². The molecule has 12 heavy (non-hydrogen) atoms. The molecule has 0 aliphatic heterocycles. The molecule has 1 aliphatic carbocycles. The van der Waals surface area contributed by atoms with Gasteiger partial charge in [0.05, 0.1) is 6.26 Å². The van der Waals surface area contributed by atoms with E-state index in [4.69, 9.17) is 0 Å². The van der Waals surface area contributed by atoms with Crippen molar-refractivity contribution in [3.05, 3.63) is 36.1 Å². The normalized spacial score (nSPS) is 17.4. The van der Waals surface area contributed by atoms with Crippen LogP contribution in [0.2, 0.25) is 0 Å². The summed E-state index contributed by atoms with van der Waals surface area (Å²) < 4.78 is 23.9. The molecule has 0 amide bonds. The van der Waals surface area contributed by atoms with Crippen LogP contribution in [0.4, 0.5) is 0 Å². The largest absolute Gasteiger partial charge is 0.284 e. The molecule has 0 spiro atoms. The standard InChI is InChI=1S/C8H11NO2S/c1-7-3-5-8(6-4-7)9-12(2,10)11/h3,5-6,9H,1,4H2,2H3. The Morgan fingerprint density at radius 1 is 1.50 bits per heavy atom. The van der Waals surface area contributed by atoms with E-state index >= 15 is 0 Å². The molecule has 0 bridgehead atoms. The second-order valence-corrected chi connectivity index (χ2v) is 4.48. The Kier molecular flexibility index (Phi) is 2.38. The van der Waals surface area contributed by atoms with Crippen LogP contribution in [0.25, 0.3) is 0 Å². The Morgan fingerprint density at radius 3 is 2.58 bits per heavy atom. The third-order valence-electron chi connectivity index (χ3n) is 1.39. The lowest BCUT2D eigenvalue weighted by atomic mass is 10.1. The quantitative estimate of drug-likeness (QED) is 0.695. The van der Waals surface area contributed by atoms with Crippen molar-refractivity contribution in [3.8, 4) is 0 Å². The van der Waals surface area contributed by atoms with Crippen LogP contribution < -0.4 is 4.72 Å². The molecule has 0 radical (unpaired) electrons. The predicted octanol–water partition coefficient (Wildman–Crippen LogP) is 0.936. The monoisotopic (exact) mass is 185 g/mol. The summed E-state index contributed by atoms with van der Waals surface area (Å²) in [7, 11) is -3.14. The van der Waals surface area contributed by atoms with Crippen LogP contribution in [-0.2, 0) is 10.0 Å². The summed E-state index contributed by atoms with van der Waals surface area (Å²) in [5.74, 6) is 0. The van der Waals surface area contributed by atoms with E-state index in [1.807, 2.05) is 0 Å². The number of nitrogens with one attached hydrogen (secondary N) is 1. The van der Waals surface area contributed by atoms with Gasteiger partial charge in [0.2, 0.25) is 10.0 Å². The van der Waals surface area contributed by atoms with Gasteiger partial charge in [-0.2, -0.15) is 0 Å². The Hall–Kier alpha value is -1.03. The Labute approximate surface area is 72.5 Å². The number of allylic oxidation sites excluding steroid dienone is 4. The van der Waals surface area contributed by atoms with E-state index in [1.165, 1.54) is 0 Å². The first-order chi connectivity index (χ1) is 5.47. The summed E-state index contributed by atoms with van der Waals surface area (Å²) in [6.45, 7) is 3.74. The average molecular weight is 185 g/mol. The fourth-order valence-corrected chi connectivity index (χ4v) is 1.45. The molecule has 0 saturated carbocycles. The van der Waals surface area contributed by atoms with Gasteiger partial charge < -0.3 is 0 Å². The first-order valence-electron chi connectivity index (χ1n) is 3.51. The predicted molar refractivity (Wildman–Crippen MR) is 49.0 cm³/mol. The van der Waals surface area contributed by atoms with E-state index in [1.54, 1.807) is 18.2 Å². The Bertz CT molecular complexity index is 349. The molecule has 1 N–H and O–H groups in total. The molecular formula is C8H11NO2S. The topological polar surface area (TPSA) is 46.2 Å². The highest BCUT2D eigenvalue weighted by atomic mass is 32.2. The lowest BCUT2D eigenvalue weighted by Gasteiger charge is -2.08. The van der Waals surface area contributed by atoms with Crippen LogP contribution in [0.15, 0.2) is 36.1 Å². The lowest BCUT2D eigenvalue weighted by molar-refractivity contribution is 0.595. The van der Waals surface area contributed by atoms with Crippen molar-refractivity contribution in [2.24, 2.45) is 0 Å². The van der Waals surface area contributed by atoms with Crippen molar-refractivity contribution >= 4 is 10.0 Å². The van der Waals surface area contributed by atoms with Crippen LogP contribution >= 0.6 is 0 Å². The van der Waals surface area contributed by atoms with Gasteiger partial charge in [-0.05, 0) is 12.5 Å². The average Bonchev–Trinajstić information content (AvgIpc) is 1.91. The van der Waals surface area contributed by atoms with E-state index in [0.717, 1.165) is 11.8 Å². The maximum absolute atomic E-state index is 10.8. The van der Waals surface area contributed by atoms with Crippen molar-refractivity contribution in [2.45, 2.75) is 6.42 Å². The minimum atomic E-state index is -3.14. The van der Waals surface area contributed by atoms with Gasteiger partial charge >= 0.3 is 0 Å². The van der Waals surface area contributed by atoms with Gasteiger partial charge in [-0.25, -0.2) is 8.42 Å². The van der Waals surface area contributed by atoms with Crippen molar-refractivity contribution < 1.29 is 8.42 Å². The maximum Gasteiger partial charge on any atom is 0.229 e. The van der Waals surface area contributed by atoms with Gasteiger partial charge in [0.1, 0.15) is 0 Å². The van der Waals surface area contributed by atoms with Crippen molar-refractivity contribution in [3.63, 3.8) is 0 Å². The summed E-state index contributed by atoms with van der Waals surface area (Å²) in [4.78, 5) is 0. The number of hydrogen-bond acceptors (Lipinski definition) is 2. The molecule has 66 valence electrons. The molecule has 0 unspecified atom stereocenters. The third-order valence-corrected chi connectivity index (χ3v) is 1.99. The minimum Gasteiger partial charge on any atom is -0.284 e. The van der Waals surface area contributed by atoms with Crippen LogP contribution in [-0.4, -0.2) is 14.7 Å². The van der Waals surface area contributed by atoms with E-state index in [2.05, 4.69) is 11.3 Å². The molecule has 0 aromatic rings. The zero-order valence-electron chi connectivity index (χ0n) is 6.87. The highest BCUT2D eigenvalue weighted by Crippen LogP contribution is 2.11. The summed E-state index contributed by atoms with van der Waals surface area (Å²) in [5, 5.41) is 0. The molecule has 0 atom stereocenters. The maximum atomic E-state index is 10.8. The smallest absolute Gasteiger partial charge is 0.229 e. The summed E-state index contributed by atoms with van der Waals surface area (Å²) in [6.07, 6.45) is 7.13. The molecule has 0 heterocycles. The molecule has 1 rings (SSSR count). The number of hydrogen-bond donors (Lipinski definition) is 1. The fraction of sp³-hybridized carbons (Fsp3) is 0.250. The fourth-order valence-electron chi connectivity index (χ4n) is 0.875. The van der Waals surface area contributed by atoms with Crippen LogP contribution in [0.5, 0.6) is 0 Å². The zero-order valence-corrected chi connectivity index (χ0v) is 7.69. The first kappa shape index (κ1) is 9.06. The zero-order chi connectivity index (χ0) is 9.19. The molecule has 0 fully saturated rings. The second-order valence-electron chi connectivity index (χ2n) is 2.73. The van der Waals surface area contributed by atoms with E-state index in [9.17, 15) is 8.42 Å². The molecule has 0 saturated heterocycles. The lowest BCUT2D eigenvalue weighted by Crippen LogP contribution is -2.20. The van der Waals surface area contributed by atoms with Crippen LogP contribution in [0.1, 0.15) is 6.42 Å². The Balaban J connectivity index is 2.69. The summed E-state index contributed by atoms with van der Waals surface area (Å²) >= 11 is 0. The first-order valence-corrected chi connectivity index (χ1v) is 5.40. The highest BCUT2D eigenvalue weighted by molar-refractivity contribution is 7.88. The van der Waals surface area contributed by atoms with E-state index in [0.29, 0.717) is 12.1 Å². The van der Waals surface area contributed by atoms with Crippen molar-refractivity contribution in [2.75, 3.05) is 6.26 Å². The number of rotatable bonds is 2. The SMILES string of the molecule is C=C1C=CC(NS(C)(=O)=O)=CC1. The summed E-state index contributed by atoms with van der Waals surface area (Å²) in [6, 6.07) is 0. The second kappa shape index (κ2) is 3.15. The van der Waals surface area contributed by atoms with Gasteiger partial charge in [-0.1, -0.05) is 24.3 Å². The van der Waals surface area contributed by atoms with Gasteiger partial charge in [-0.3, -0.25) is 4.72 Å². The molecule has 1 aliphatic rings. The molecule has 0 aromatic carbocycles. The highest BCUT2D eigenvalue weighted by Gasteiger charge is 2.04. The Morgan fingerprint density at radius 2 is 2.17 bits per heavy atom. The van der Waals surface area contributed by atoms with Crippen LogP contribution in [0.3, 0.4) is 0 Å².